The Bertz CT molecular complexity index is 1240. The third-order valence-corrected chi connectivity index (χ3v) is 5.86. The largest absolute Gasteiger partial charge is 0.380 e. The number of hydrogen-bond acceptors (Lipinski definition) is 4. The Morgan fingerprint density at radius 3 is 2.24 bits per heavy atom. The number of amides is 2. The molecule has 3 aromatic rings. The minimum Gasteiger partial charge on any atom is -0.380 e. The first kappa shape index (κ1) is 23.2. The summed E-state index contributed by atoms with van der Waals surface area (Å²) in [5, 5.41) is 23.0. The van der Waals surface area contributed by atoms with Gasteiger partial charge in [0.25, 0.3) is 11.8 Å². The van der Waals surface area contributed by atoms with Gasteiger partial charge in [0.05, 0.1) is 5.56 Å². The van der Waals surface area contributed by atoms with Gasteiger partial charge in [-0.1, -0.05) is 66.6 Å². The number of carbonyl (C=O) groups is 2. The summed E-state index contributed by atoms with van der Waals surface area (Å²) in [5.74, 6) is 0.319. The quantitative estimate of drug-likeness (QED) is 0.495. The van der Waals surface area contributed by atoms with Crippen molar-refractivity contribution in [2.45, 2.75) is 31.8 Å². The van der Waals surface area contributed by atoms with Crippen LogP contribution in [-0.2, 0) is 29.2 Å². The van der Waals surface area contributed by atoms with Crippen LogP contribution in [0.25, 0.3) is 11.1 Å². The molecule has 0 unspecified atom stereocenters. The summed E-state index contributed by atoms with van der Waals surface area (Å²) in [6, 6.07) is 19.1. The number of aliphatic hydroxyl groups is 2. The van der Waals surface area contributed by atoms with E-state index in [1.54, 1.807) is 36.4 Å². The summed E-state index contributed by atoms with van der Waals surface area (Å²) >= 11 is 0. The van der Waals surface area contributed by atoms with Gasteiger partial charge in [-0.2, -0.15) is 0 Å². The molecule has 1 aliphatic heterocycles. The SMILES string of the molecule is C#Cc1c(F)cccc1-c1ccc(CNC(=O)[C@H](O)[C@@H](O)C(=O)N2Cc3ccccc3C2)cc1. The average molecular weight is 458 g/mol. The number of halogens is 1. The summed E-state index contributed by atoms with van der Waals surface area (Å²) in [5.41, 5.74) is 4.12. The molecule has 0 radical (unpaired) electrons. The van der Waals surface area contributed by atoms with Gasteiger partial charge < -0.3 is 20.4 Å². The first-order valence-corrected chi connectivity index (χ1v) is 10.7. The molecule has 0 bridgehead atoms. The van der Waals surface area contributed by atoms with Crippen molar-refractivity contribution in [1.29, 1.82) is 0 Å². The topological polar surface area (TPSA) is 89.9 Å². The predicted molar refractivity (Wildman–Crippen MR) is 124 cm³/mol. The maximum atomic E-state index is 13.9. The van der Waals surface area contributed by atoms with Crippen molar-refractivity contribution in [2.75, 3.05) is 0 Å². The molecular formula is C27H23FN2O4. The van der Waals surface area contributed by atoms with Crippen LogP contribution in [0.3, 0.4) is 0 Å². The number of terminal acetylenes is 1. The Kier molecular flexibility index (Phi) is 6.73. The molecule has 3 aromatic carbocycles. The van der Waals surface area contributed by atoms with Crippen molar-refractivity contribution in [2.24, 2.45) is 0 Å². The molecule has 2 amide bonds. The van der Waals surface area contributed by atoms with Crippen molar-refractivity contribution in [3.63, 3.8) is 0 Å². The minimum absolute atomic E-state index is 0.0669. The second-order valence-corrected chi connectivity index (χ2v) is 8.07. The highest BCUT2D eigenvalue weighted by Crippen LogP contribution is 2.26. The van der Waals surface area contributed by atoms with E-state index in [4.69, 9.17) is 6.42 Å². The van der Waals surface area contributed by atoms with Gasteiger partial charge in [0.2, 0.25) is 0 Å². The summed E-state index contributed by atoms with van der Waals surface area (Å²) in [6.45, 7) is 0.705. The van der Waals surface area contributed by atoms with Crippen LogP contribution >= 0.6 is 0 Å². The summed E-state index contributed by atoms with van der Waals surface area (Å²) < 4.78 is 13.9. The van der Waals surface area contributed by atoms with Crippen molar-refractivity contribution in [3.8, 4) is 23.5 Å². The molecule has 0 fully saturated rings. The van der Waals surface area contributed by atoms with Gasteiger partial charge in [0.15, 0.2) is 12.2 Å². The monoisotopic (exact) mass is 458 g/mol. The van der Waals surface area contributed by atoms with Crippen molar-refractivity contribution in [3.05, 3.63) is 94.8 Å². The highest BCUT2D eigenvalue weighted by molar-refractivity contribution is 5.91. The maximum absolute atomic E-state index is 13.9. The van der Waals surface area contributed by atoms with Gasteiger partial charge in [-0.25, -0.2) is 4.39 Å². The summed E-state index contributed by atoms with van der Waals surface area (Å²) in [6.07, 6.45) is 1.66. The highest BCUT2D eigenvalue weighted by Gasteiger charge is 2.35. The van der Waals surface area contributed by atoms with E-state index in [9.17, 15) is 24.2 Å². The zero-order chi connectivity index (χ0) is 24.2. The maximum Gasteiger partial charge on any atom is 0.255 e. The fraction of sp³-hybridized carbons (Fsp3) is 0.185. The molecule has 0 saturated carbocycles. The second kappa shape index (κ2) is 9.87. The van der Waals surface area contributed by atoms with Gasteiger partial charge in [-0.15, -0.1) is 6.42 Å². The lowest BCUT2D eigenvalue weighted by Crippen LogP contribution is -2.49. The number of aliphatic hydroxyl groups excluding tert-OH is 2. The average Bonchev–Trinajstić information content (AvgIpc) is 3.30. The molecule has 0 aliphatic carbocycles. The van der Waals surface area contributed by atoms with Crippen LogP contribution in [0.15, 0.2) is 66.7 Å². The zero-order valence-corrected chi connectivity index (χ0v) is 18.2. The van der Waals surface area contributed by atoms with E-state index < -0.39 is 29.8 Å². The van der Waals surface area contributed by atoms with Crippen LogP contribution in [0.1, 0.15) is 22.3 Å². The number of benzene rings is 3. The van der Waals surface area contributed by atoms with Crippen LogP contribution in [-0.4, -0.2) is 39.1 Å². The first-order valence-electron chi connectivity index (χ1n) is 10.7. The number of carbonyl (C=O) groups excluding carboxylic acids is 2. The molecule has 2 atom stereocenters. The first-order chi connectivity index (χ1) is 16.4. The predicted octanol–water partition coefficient (Wildman–Crippen LogP) is 2.35. The van der Waals surface area contributed by atoms with E-state index in [-0.39, 0.29) is 12.1 Å². The van der Waals surface area contributed by atoms with E-state index >= 15 is 0 Å². The molecule has 1 heterocycles. The molecule has 34 heavy (non-hydrogen) atoms. The Balaban J connectivity index is 1.34. The van der Waals surface area contributed by atoms with Gasteiger partial charge in [-0.3, -0.25) is 9.59 Å². The Morgan fingerprint density at radius 2 is 1.62 bits per heavy atom. The van der Waals surface area contributed by atoms with Crippen LogP contribution < -0.4 is 5.32 Å². The van der Waals surface area contributed by atoms with Crippen LogP contribution in [0.5, 0.6) is 0 Å². The Labute approximate surface area is 196 Å². The lowest BCUT2D eigenvalue weighted by Gasteiger charge is -2.22. The fourth-order valence-corrected chi connectivity index (χ4v) is 3.96. The molecule has 3 N–H and O–H groups in total. The molecule has 1 aliphatic rings. The summed E-state index contributed by atoms with van der Waals surface area (Å²) in [4.78, 5) is 26.3. The number of fused-ring (bicyclic) bond motifs is 1. The fourth-order valence-electron chi connectivity index (χ4n) is 3.96. The minimum atomic E-state index is -1.90. The van der Waals surface area contributed by atoms with Gasteiger partial charge in [0.1, 0.15) is 5.82 Å². The molecule has 172 valence electrons. The van der Waals surface area contributed by atoms with E-state index in [1.165, 1.54) is 11.0 Å². The normalized spacial score (nSPS) is 14.1. The lowest BCUT2D eigenvalue weighted by molar-refractivity contribution is -0.153. The molecule has 0 spiro atoms. The second-order valence-electron chi connectivity index (χ2n) is 8.07. The van der Waals surface area contributed by atoms with Crippen molar-refractivity contribution >= 4 is 11.8 Å². The Morgan fingerprint density at radius 1 is 0.971 bits per heavy atom. The highest BCUT2D eigenvalue weighted by atomic mass is 19.1. The number of rotatable bonds is 6. The molecule has 7 heteroatoms. The van der Waals surface area contributed by atoms with Gasteiger partial charge in [-0.05, 0) is 28.3 Å². The lowest BCUT2D eigenvalue weighted by atomic mass is 9.98. The summed E-state index contributed by atoms with van der Waals surface area (Å²) in [7, 11) is 0. The number of nitrogens with one attached hydrogen (secondary N) is 1. The third-order valence-electron chi connectivity index (χ3n) is 5.86. The molecule has 0 aromatic heterocycles. The van der Waals surface area contributed by atoms with Crippen LogP contribution in [0.2, 0.25) is 0 Å². The van der Waals surface area contributed by atoms with Gasteiger partial charge in [0, 0.05) is 25.2 Å². The van der Waals surface area contributed by atoms with E-state index in [0.29, 0.717) is 24.2 Å². The smallest absolute Gasteiger partial charge is 0.255 e. The molecule has 4 rings (SSSR count). The van der Waals surface area contributed by atoms with Gasteiger partial charge >= 0.3 is 0 Å². The third kappa shape index (κ3) is 4.69. The van der Waals surface area contributed by atoms with E-state index in [2.05, 4.69) is 11.2 Å². The number of nitrogens with zero attached hydrogens (tertiary/aromatic N) is 1. The van der Waals surface area contributed by atoms with E-state index in [0.717, 1.165) is 16.7 Å². The van der Waals surface area contributed by atoms with Crippen molar-refractivity contribution in [1.82, 2.24) is 10.2 Å². The van der Waals surface area contributed by atoms with Crippen LogP contribution in [0.4, 0.5) is 4.39 Å². The van der Waals surface area contributed by atoms with Crippen LogP contribution in [0, 0.1) is 18.2 Å². The standard InChI is InChI=1S/C27H23FN2O4/c1-2-21-22(8-5-9-23(21)28)18-12-10-17(11-13-18)14-29-26(33)24(31)25(32)27(34)30-15-19-6-3-4-7-20(19)16-30/h1,3-13,24-25,31-32H,14-16H2,(H,29,33)/t24-,25-/m1/s1. The Hall–Kier alpha value is -3.99. The number of hydrogen-bond donors (Lipinski definition) is 3. The molecule has 0 saturated heterocycles. The van der Waals surface area contributed by atoms with Crippen molar-refractivity contribution < 1.29 is 24.2 Å². The van der Waals surface area contributed by atoms with E-state index in [1.807, 2.05) is 24.3 Å². The molecule has 6 nitrogen and oxygen atoms in total. The molecular weight excluding hydrogens is 435 g/mol. The zero-order valence-electron chi connectivity index (χ0n) is 18.2.